The van der Waals surface area contributed by atoms with Crippen molar-refractivity contribution in [3.63, 3.8) is 0 Å². The van der Waals surface area contributed by atoms with Crippen LogP contribution in [-0.2, 0) is 58.3 Å². The Labute approximate surface area is 685 Å². The van der Waals surface area contributed by atoms with Gasteiger partial charge in [0.15, 0.2) is 0 Å². The topological polar surface area (TPSA) is 411 Å². The SMILES string of the molecule is C1CCNC1.C=C[C@@H]1C[C@]1(NC(=O)[C@@H]1C[C@@H](Oc2cc(Cl)nc(Nc3ccc(F)cc3)n2)CN1C(=O)[C@@H](NC(=O)OC1CCCC1)C(C)(C)C)C(=O)NS(=O)(=O)C1CC1.C=C[C@@H]1C[C@]1(NC(=O)[C@@H]1C[C@@H](Oc2cc(N3CCCC3)nc(Nc3ccc(F)cc3)n2)CN1C(=O)[C@@H](NC(=O)OC1CCCC1)C(C)(C)C)C(=O)NS(=O)(=O)C1CC1. The Bertz CT molecular complexity index is 4570. The zero-order valence-electron chi connectivity index (χ0n) is 66.8. The summed E-state index contributed by atoms with van der Waals surface area (Å²) in [4.78, 5) is 134. The number of likely N-dealkylation sites (tertiary alicyclic amines) is 2. The van der Waals surface area contributed by atoms with Gasteiger partial charge in [0.1, 0.15) is 82.3 Å². The molecule has 117 heavy (non-hydrogen) atoms. The summed E-state index contributed by atoms with van der Waals surface area (Å²) in [6.45, 7) is 22.0. The first-order chi connectivity index (χ1) is 55.5. The van der Waals surface area contributed by atoms with Crippen LogP contribution in [0, 0.1) is 34.3 Å². The largest absolute Gasteiger partial charge is 0.472 e. The van der Waals surface area contributed by atoms with E-state index in [1.54, 1.807) is 59.7 Å². The number of amides is 8. The lowest BCUT2D eigenvalue weighted by molar-refractivity contribution is -0.143. The predicted octanol–water partition coefficient (Wildman–Crippen LogP) is 8.54. The maximum atomic E-state index is 14.7. The highest BCUT2D eigenvalue weighted by Gasteiger charge is 2.64. The minimum absolute atomic E-state index is 0.0127. The molecule has 32 nitrogen and oxygen atoms in total. The number of nitrogens with one attached hydrogen (secondary N) is 9. The first-order valence-corrected chi connectivity index (χ1v) is 43.8. The molecular formula is C80H107ClF2N16O16S2. The van der Waals surface area contributed by atoms with Gasteiger partial charge in [-0.3, -0.25) is 38.2 Å². The lowest BCUT2D eigenvalue weighted by Gasteiger charge is -2.35. The molecule has 4 aliphatic heterocycles. The van der Waals surface area contributed by atoms with Gasteiger partial charge in [-0.2, -0.15) is 15.0 Å². The van der Waals surface area contributed by atoms with Crippen molar-refractivity contribution >= 4 is 108 Å². The van der Waals surface area contributed by atoms with Crippen molar-refractivity contribution in [2.75, 3.05) is 54.8 Å². The van der Waals surface area contributed by atoms with Crippen LogP contribution >= 0.6 is 11.6 Å². The molecule has 8 amide bonds. The lowest BCUT2D eigenvalue weighted by Crippen LogP contribution is -2.60. The highest BCUT2D eigenvalue weighted by molar-refractivity contribution is 7.91. The number of carbonyl (C=O) groups is 8. The van der Waals surface area contributed by atoms with E-state index in [0.29, 0.717) is 42.9 Å². The van der Waals surface area contributed by atoms with E-state index in [9.17, 15) is 64.0 Å². The summed E-state index contributed by atoms with van der Waals surface area (Å²) in [6, 6.07) is 9.60. The molecule has 10 fully saturated rings. The maximum absolute atomic E-state index is 14.7. The Morgan fingerprint density at radius 1 is 0.547 bits per heavy atom. The van der Waals surface area contributed by atoms with E-state index in [1.165, 1.54) is 90.3 Å². The average molecular weight is 1690 g/mol. The van der Waals surface area contributed by atoms with Crippen molar-refractivity contribution < 1.29 is 82.9 Å². The van der Waals surface area contributed by atoms with Gasteiger partial charge in [-0.1, -0.05) is 65.3 Å². The van der Waals surface area contributed by atoms with E-state index in [2.05, 4.69) is 84.7 Å². The van der Waals surface area contributed by atoms with E-state index in [-0.39, 0.29) is 79.8 Å². The third-order valence-electron chi connectivity index (χ3n) is 22.6. The van der Waals surface area contributed by atoms with E-state index in [4.69, 9.17) is 30.5 Å². The van der Waals surface area contributed by atoms with Crippen LogP contribution in [0.1, 0.15) is 170 Å². The first-order valence-electron chi connectivity index (χ1n) is 40.4. The molecule has 10 aliphatic rings. The zero-order valence-corrected chi connectivity index (χ0v) is 69.2. The Hall–Kier alpha value is -9.55. The summed E-state index contributed by atoms with van der Waals surface area (Å²) in [7, 11) is -7.85. The minimum Gasteiger partial charge on any atom is -0.472 e. The summed E-state index contributed by atoms with van der Waals surface area (Å²) in [6.07, 6.45) is 12.7. The van der Waals surface area contributed by atoms with Crippen LogP contribution in [0.15, 0.2) is 86.0 Å². The van der Waals surface area contributed by atoms with Crippen molar-refractivity contribution in [1.82, 2.24) is 65.8 Å². The second-order valence-corrected chi connectivity index (χ2v) is 38.3. The number of alkyl carbamates (subject to hydrolysis) is 2. The van der Waals surface area contributed by atoms with Crippen molar-refractivity contribution in [3.8, 4) is 11.8 Å². The second-order valence-electron chi connectivity index (χ2n) is 34.0. The van der Waals surface area contributed by atoms with Crippen LogP contribution in [0.5, 0.6) is 11.8 Å². The number of nitrogens with zero attached hydrogens (tertiary/aromatic N) is 7. The molecule has 0 radical (unpaired) electrons. The van der Waals surface area contributed by atoms with Crippen LogP contribution in [0.4, 0.5) is 47.5 Å². The number of aromatic nitrogens is 4. The molecule has 0 spiro atoms. The van der Waals surface area contributed by atoms with Gasteiger partial charge in [0.25, 0.3) is 11.8 Å². The van der Waals surface area contributed by atoms with Crippen molar-refractivity contribution in [1.29, 1.82) is 0 Å². The smallest absolute Gasteiger partial charge is 0.408 e. The van der Waals surface area contributed by atoms with Gasteiger partial charge >= 0.3 is 12.2 Å². The summed E-state index contributed by atoms with van der Waals surface area (Å²) < 4.78 is 106. The molecule has 0 unspecified atom stereocenters. The third-order valence-corrected chi connectivity index (χ3v) is 26.5. The maximum Gasteiger partial charge on any atom is 0.408 e. The molecule has 6 heterocycles. The second kappa shape index (κ2) is 36.4. The number of sulfonamides is 2. The highest BCUT2D eigenvalue weighted by Crippen LogP contribution is 2.48. The zero-order chi connectivity index (χ0) is 83.9. The summed E-state index contributed by atoms with van der Waals surface area (Å²) in [5.41, 5.74) is -3.82. The standard InChI is InChI=1S/C40H53FN8O8S.C36H45ClFN7O8S.C4H9N/c1-5-24-22-40(24,36(52)47-58(54,55)29-16-17-29)46-34(50)30-20-28(23-49(30)35(51)33(39(2,3)4)45-38(53)57-27-10-6-7-11-27)56-32-21-31(48-18-8-9-19-48)43-37(44-32)42-26-14-12-25(41)13-15-26;1-5-20-18-36(20,32(48)44-54(50,51)25-14-15-25)43-30(46)26-16-24(52-28-17-27(37)40-33(41-28)39-22-12-10-21(38)11-13-22)19-45(26)31(47)29(35(2,3)4)42-34(49)53-23-8-6-7-9-23;1-2-4-5-3-1/h5,12-15,21,24,27-30,33H,1,6-11,16-20,22-23H2,2-4H3,(H,45,53)(H,46,50)(H,47,52)(H,42,43,44);5,10-13,17,20,23-26,29H,1,6-9,14-16,18-19H2,2-4H3,(H,42,49)(H,43,46)(H,44,48)(H,39,40,41);5H,1-4H2/t24-,28-,30+,33-,40-;20-,24-,26+,29-,36-;/m11./s1. The Morgan fingerprint density at radius 3 is 1.30 bits per heavy atom. The van der Waals surface area contributed by atoms with Gasteiger partial charge in [-0.15, -0.1) is 13.2 Å². The first kappa shape index (κ1) is 86.8. The van der Waals surface area contributed by atoms with Crippen LogP contribution in [0.2, 0.25) is 5.15 Å². The quantitative estimate of drug-likeness (QED) is 0.0199. The number of anilines is 5. The minimum atomic E-state index is -3.93. The van der Waals surface area contributed by atoms with Crippen LogP contribution in [0.25, 0.3) is 0 Å². The monoisotopic (exact) mass is 1680 g/mol. The van der Waals surface area contributed by atoms with E-state index >= 15 is 0 Å². The molecule has 37 heteroatoms. The Balaban J connectivity index is 0.000000203. The molecule has 4 saturated heterocycles. The van der Waals surface area contributed by atoms with E-state index < -0.39 is 160 Å². The van der Waals surface area contributed by atoms with Gasteiger partial charge in [0, 0.05) is 61.3 Å². The number of benzene rings is 2. The molecule has 6 aliphatic carbocycles. The Kier molecular flexibility index (Phi) is 27.0. The van der Waals surface area contributed by atoms with Crippen molar-refractivity contribution in [3.05, 3.63) is 103 Å². The third kappa shape index (κ3) is 22.3. The fourth-order valence-corrected chi connectivity index (χ4v) is 18.4. The molecule has 2 aromatic heterocycles. The van der Waals surface area contributed by atoms with Gasteiger partial charge in [-0.05, 0) is 188 Å². The number of hydrogen-bond donors (Lipinski definition) is 9. The highest BCUT2D eigenvalue weighted by atomic mass is 35.5. The Morgan fingerprint density at radius 2 is 0.940 bits per heavy atom. The average Bonchev–Trinajstić information content (AvgIpc) is 1.58. The summed E-state index contributed by atoms with van der Waals surface area (Å²) in [5.74, 6) is -5.22. The lowest BCUT2D eigenvalue weighted by atomic mass is 9.85. The van der Waals surface area contributed by atoms with Crippen LogP contribution < -0.4 is 61.0 Å². The number of ether oxygens (including phenoxy) is 4. The molecular weight excluding hydrogens is 1580 g/mol. The molecule has 2 aromatic carbocycles. The molecule has 14 rings (SSSR count). The molecule has 10 atom stereocenters. The number of hydrogen-bond acceptors (Lipinski definition) is 24. The fraction of sp³-hybridized carbons (Fsp3) is 0.600. The molecule has 4 aromatic rings. The van der Waals surface area contributed by atoms with Gasteiger partial charge in [0.2, 0.25) is 67.3 Å². The number of rotatable bonds is 27. The van der Waals surface area contributed by atoms with Crippen molar-refractivity contribution in [2.24, 2.45) is 22.7 Å². The molecule has 6 saturated carbocycles. The van der Waals surface area contributed by atoms with Crippen LogP contribution in [0.3, 0.4) is 0 Å². The predicted molar refractivity (Wildman–Crippen MR) is 430 cm³/mol. The van der Waals surface area contributed by atoms with E-state index in [0.717, 1.165) is 77.3 Å². The van der Waals surface area contributed by atoms with E-state index in [1.807, 2.05) is 0 Å². The van der Waals surface area contributed by atoms with Gasteiger partial charge in [0.05, 0.1) is 23.6 Å². The number of halogens is 3. The number of carbonyl (C=O) groups excluding carboxylic acids is 8. The normalized spacial score (nSPS) is 24.8. The fourth-order valence-electron chi connectivity index (χ4n) is 15.5. The van der Waals surface area contributed by atoms with Gasteiger partial charge < -0.3 is 70.9 Å². The summed E-state index contributed by atoms with van der Waals surface area (Å²) >= 11 is 6.29. The molecule has 9 N–H and O–H groups in total. The summed E-state index contributed by atoms with van der Waals surface area (Å²) in [5, 5.41) is 19.0. The molecule has 0 bridgehead atoms. The van der Waals surface area contributed by atoms with Crippen LogP contribution in [-0.4, -0.2) is 204 Å². The van der Waals surface area contributed by atoms with Crippen molar-refractivity contribution in [2.45, 2.75) is 240 Å². The molecule has 636 valence electrons. The van der Waals surface area contributed by atoms with Gasteiger partial charge in [-0.25, -0.2) is 40.2 Å².